The van der Waals surface area contributed by atoms with Crippen LogP contribution >= 0.6 is 8.53 Å². The van der Waals surface area contributed by atoms with E-state index in [0.717, 1.165) is 22.8 Å². The second-order valence-corrected chi connectivity index (χ2v) is 16.1. The Hall–Kier alpha value is -5.34. The number of ether oxygens (including phenoxy) is 4. The summed E-state index contributed by atoms with van der Waals surface area (Å²) < 4.78 is 79.4. The molecule has 1 aliphatic heterocycles. The van der Waals surface area contributed by atoms with Gasteiger partial charge in [-0.1, -0.05) is 66.7 Å². The number of nitrogens with zero attached hydrogens (tertiary/aromatic N) is 3. The molecule has 0 saturated carbocycles. The van der Waals surface area contributed by atoms with Crippen molar-refractivity contribution in [3.05, 3.63) is 134 Å². The summed E-state index contributed by atoms with van der Waals surface area (Å²) in [7, 11) is 1.34. The van der Waals surface area contributed by atoms with E-state index in [1.807, 2.05) is 107 Å². The Morgan fingerprint density at radius 2 is 1.55 bits per heavy atom. The van der Waals surface area contributed by atoms with Crippen molar-refractivity contribution in [3.8, 4) is 17.6 Å². The van der Waals surface area contributed by atoms with Crippen LogP contribution < -0.4 is 26.0 Å². The molecule has 1 unspecified atom stereocenters. The molecule has 1 aromatic heterocycles. The van der Waals surface area contributed by atoms with Crippen LogP contribution in [0.25, 0.3) is 6.08 Å². The van der Waals surface area contributed by atoms with Crippen LogP contribution in [0.1, 0.15) is 69.0 Å². The smallest absolute Gasteiger partial charge is 0.471 e. The molecule has 4 atom stereocenters. The molecular weight excluding hydrogens is 830 g/mol. The largest absolute Gasteiger partial charge is 0.497 e. The Morgan fingerprint density at radius 3 is 2.08 bits per heavy atom. The number of amides is 1. The Morgan fingerprint density at radius 1 is 0.968 bits per heavy atom. The summed E-state index contributed by atoms with van der Waals surface area (Å²) in [6.45, 7) is 7.47. The predicted molar refractivity (Wildman–Crippen MR) is 226 cm³/mol. The molecule has 1 saturated heterocycles. The topological polar surface area (TPSA) is 166 Å². The Labute approximate surface area is 359 Å². The first-order valence-electron chi connectivity index (χ1n) is 19.9. The summed E-state index contributed by atoms with van der Waals surface area (Å²) in [6, 6.07) is 26.7. The number of carbonyl (C=O) groups is 1. The van der Waals surface area contributed by atoms with Crippen molar-refractivity contribution in [2.45, 2.75) is 82.8 Å². The Balaban J connectivity index is 1.59. The van der Waals surface area contributed by atoms with E-state index < -0.39 is 62.4 Å². The van der Waals surface area contributed by atoms with Crippen molar-refractivity contribution in [1.82, 2.24) is 19.5 Å². The first-order chi connectivity index (χ1) is 29.6. The maximum absolute atomic E-state index is 13.5. The van der Waals surface area contributed by atoms with Crippen LogP contribution in [0.2, 0.25) is 0 Å². The molecule has 332 valence electrons. The molecule has 14 nitrogen and oxygen atoms in total. The average Bonchev–Trinajstić information content (AvgIpc) is 3.65. The summed E-state index contributed by atoms with van der Waals surface area (Å²) in [5.74, 6) is -0.866. The number of rotatable bonds is 20. The number of aromatic nitrogens is 2. The van der Waals surface area contributed by atoms with Gasteiger partial charge in [-0.25, -0.2) is 9.46 Å². The third-order valence-electron chi connectivity index (χ3n) is 9.95. The second-order valence-electron chi connectivity index (χ2n) is 14.7. The maximum Gasteiger partial charge on any atom is 0.471 e. The molecule has 2 heterocycles. The summed E-state index contributed by atoms with van der Waals surface area (Å²) in [4.78, 5) is 39.9. The van der Waals surface area contributed by atoms with Crippen LogP contribution in [0.3, 0.4) is 0 Å². The number of benzene rings is 3. The van der Waals surface area contributed by atoms with Crippen molar-refractivity contribution in [1.29, 1.82) is 5.26 Å². The van der Waals surface area contributed by atoms with Gasteiger partial charge in [0.05, 0.1) is 51.6 Å². The number of H-pyrrole nitrogens is 1. The highest BCUT2D eigenvalue weighted by atomic mass is 31.2. The molecule has 1 fully saturated rings. The molecule has 3 aromatic carbocycles. The van der Waals surface area contributed by atoms with E-state index in [1.165, 1.54) is 16.8 Å². The van der Waals surface area contributed by atoms with Gasteiger partial charge in [0.25, 0.3) is 14.1 Å². The van der Waals surface area contributed by atoms with Gasteiger partial charge in [-0.05, 0) is 68.7 Å². The average molecular weight is 882 g/mol. The van der Waals surface area contributed by atoms with Gasteiger partial charge in [-0.3, -0.25) is 19.1 Å². The molecule has 18 heteroatoms. The van der Waals surface area contributed by atoms with Gasteiger partial charge in [0.1, 0.15) is 29.4 Å². The lowest BCUT2D eigenvalue weighted by atomic mass is 9.80. The molecule has 62 heavy (non-hydrogen) atoms. The molecule has 1 amide bonds. The molecule has 5 rings (SSSR count). The fourth-order valence-corrected chi connectivity index (χ4v) is 8.85. The highest BCUT2D eigenvalue weighted by Crippen LogP contribution is 2.50. The maximum atomic E-state index is 13.5. The molecular formula is C44H51F3N5O9P. The van der Waals surface area contributed by atoms with Crippen molar-refractivity contribution < 1.29 is 46.0 Å². The molecule has 0 bridgehead atoms. The zero-order valence-electron chi connectivity index (χ0n) is 35.3. The van der Waals surface area contributed by atoms with Gasteiger partial charge in [0.15, 0.2) is 0 Å². The van der Waals surface area contributed by atoms with Gasteiger partial charge in [0, 0.05) is 31.2 Å². The van der Waals surface area contributed by atoms with E-state index in [9.17, 15) is 32.8 Å². The summed E-state index contributed by atoms with van der Waals surface area (Å²) >= 11 is 0. The van der Waals surface area contributed by atoms with Crippen LogP contribution in [0.5, 0.6) is 11.5 Å². The Kier molecular flexibility index (Phi) is 16.7. The Bertz CT molecular complexity index is 2210. The molecule has 0 spiro atoms. The van der Waals surface area contributed by atoms with Gasteiger partial charge in [-0.2, -0.15) is 18.4 Å². The van der Waals surface area contributed by atoms with Crippen LogP contribution in [0.4, 0.5) is 13.2 Å². The monoisotopic (exact) mass is 881 g/mol. The van der Waals surface area contributed by atoms with Gasteiger partial charge < -0.3 is 33.3 Å². The fourth-order valence-electron chi connectivity index (χ4n) is 7.10. The van der Waals surface area contributed by atoms with Crippen molar-refractivity contribution in [2.75, 3.05) is 34.0 Å². The van der Waals surface area contributed by atoms with E-state index in [4.69, 9.17) is 28.0 Å². The summed E-state index contributed by atoms with van der Waals surface area (Å²) in [6.07, 6.45) is -4.01. The quantitative estimate of drug-likeness (QED) is 0.0524. The number of nitrogens with one attached hydrogen (secondary N) is 2. The minimum absolute atomic E-state index is 0.0380. The van der Waals surface area contributed by atoms with Crippen LogP contribution in [0, 0.1) is 11.3 Å². The van der Waals surface area contributed by atoms with E-state index in [-0.39, 0.29) is 43.7 Å². The number of hydrogen-bond acceptors (Lipinski definition) is 11. The van der Waals surface area contributed by atoms with Crippen LogP contribution in [-0.2, 0) is 28.9 Å². The lowest BCUT2D eigenvalue weighted by Crippen LogP contribution is -2.39. The highest BCUT2D eigenvalue weighted by Gasteiger charge is 2.45. The highest BCUT2D eigenvalue weighted by molar-refractivity contribution is 7.44. The third kappa shape index (κ3) is 11.6. The van der Waals surface area contributed by atoms with Gasteiger partial charge in [-0.15, -0.1) is 0 Å². The van der Waals surface area contributed by atoms with E-state index in [0.29, 0.717) is 11.5 Å². The van der Waals surface area contributed by atoms with Crippen LogP contribution in [0.15, 0.2) is 101 Å². The molecule has 1 aliphatic rings. The van der Waals surface area contributed by atoms with Crippen LogP contribution in [-0.4, -0.2) is 84.6 Å². The first-order valence-corrected chi connectivity index (χ1v) is 21.0. The molecule has 0 radical (unpaired) electrons. The zero-order valence-corrected chi connectivity index (χ0v) is 36.2. The number of hydrogen-bond donors (Lipinski definition) is 2. The normalized spacial score (nSPS) is 17.4. The lowest BCUT2D eigenvalue weighted by molar-refractivity contribution is -0.173. The minimum Gasteiger partial charge on any atom is -0.497 e. The molecule has 2 N–H and O–H groups in total. The minimum atomic E-state index is -5.08. The summed E-state index contributed by atoms with van der Waals surface area (Å²) in [5, 5.41) is 11.1. The number of alkyl halides is 3. The van der Waals surface area contributed by atoms with E-state index >= 15 is 0 Å². The number of methoxy groups -OCH3 is 2. The fraction of sp³-hybridized carbons (Fsp3) is 0.409. The van der Waals surface area contributed by atoms with Crippen molar-refractivity contribution >= 4 is 20.5 Å². The first kappa shape index (κ1) is 47.7. The van der Waals surface area contributed by atoms with Gasteiger partial charge in [0.2, 0.25) is 0 Å². The van der Waals surface area contributed by atoms with Crippen molar-refractivity contribution in [2.24, 2.45) is 0 Å². The number of halogens is 3. The predicted octanol–water partition coefficient (Wildman–Crippen LogP) is 7.20. The number of nitriles is 1. The number of carbonyl (C=O) groups excluding carboxylic acids is 1. The zero-order chi connectivity index (χ0) is 45.0. The standard InChI is InChI=1S/C44H51F3N5O9P/c1-29(2)52(30(3)4)62(59-25-11-23-48)61-37-26-39(51-27-31(40(53)50-42(51)55)12-10-24-49-41(54)44(45,46)47)60-38(37)28-58-43(32-13-8-7-9-14-32,33-15-19-35(56-5)20-16-33)34-17-21-36(57-6)22-18-34/h7-10,12-22,27,29-30,37-39H,11,24-26,28H2,1-6H3,(H,49,54)(H,50,53,55)/b12-10+/t37-,38+,39+,62?/m0/s1. The molecule has 4 aromatic rings. The van der Waals surface area contributed by atoms with Crippen molar-refractivity contribution in [3.63, 3.8) is 0 Å². The lowest BCUT2D eigenvalue weighted by Gasteiger charge is -2.39. The van der Waals surface area contributed by atoms with Gasteiger partial charge >= 0.3 is 17.8 Å². The second kappa shape index (κ2) is 21.6. The summed E-state index contributed by atoms with van der Waals surface area (Å²) in [5.41, 5.74) is -0.645. The SMILES string of the molecule is COc1ccc(C(OC[C@H]2O[C@@H](n3cc(/C=C/CNC(=O)C(F)(F)F)c(=O)[nH]c3=O)C[C@@H]2OP(OCCC#N)N(C(C)C)C(C)C)(c2ccccc2)c2ccc(OC)cc2)cc1. The third-order valence-corrected chi connectivity index (χ3v) is 12.1. The van der Waals surface area contributed by atoms with E-state index in [2.05, 4.69) is 15.7 Å². The number of aromatic amines is 1. The van der Waals surface area contributed by atoms with E-state index in [1.54, 1.807) is 19.5 Å². The molecule has 0 aliphatic carbocycles.